The molecular formula is C13H12Cl2N2S. The molecule has 94 valence electrons. The van der Waals surface area contributed by atoms with Gasteiger partial charge in [-0.2, -0.15) is 0 Å². The summed E-state index contributed by atoms with van der Waals surface area (Å²) in [6.07, 6.45) is 4.45. The van der Waals surface area contributed by atoms with Gasteiger partial charge < -0.3 is 5.32 Å². The average molecular weight is 299 g/mol. The topological polar surface area (TPSA) is 24.9 Å². The van der Waals surface area contributed by atoms with Crippen LogP contribution in [0, 0.1) is 0 Å². The second-order valence-electron chi connectivity index (χ2n) is 4.37. The molecule has 0 saturated heterocycles. The first-order valence-corrected chi connectivity index (χ1v) is 7.44. The summed E-state index contributed by atoms with van der Waals surface area (Å²) in [6, 6.07) is 6.38. The maximum Gasteiger partial charge on any atom is 0.107 e. The van der Waals surface area contributed by atoms with Crippen LogP contribution >= 0.6 is 34.5 Å². The third kappa shape index (κ3) is 2.69. The summed E-state index contributed by atoms with van der Waals surface area (Å²) in [5.41, 5.74) is 0.958. The lowest BCUT2D eigenvalue weighted by Crippen LogP contribution is -2.14. The predicted molar refractivity (Wildman–Crippen MR) is 77.4 cm³/mol. The fraction of sp³-hybridized carbons (Fsp3) is 0.308. The number of halogens is 2. The summed E-state index contributed by atoms with van der Waals surface area (Å²) < 4.78 is 0. The Bertz CT molecular complexity index is 564. The van der Waals surface area contributed by atoms with Crippen molar-refractivity contribution in [2.24, 2.45) is 0 Å². The van der Waals surface area contributed by atoms with Crippen molar-refractivity contribution in [3.8, 4) is 10.4 Å². The van der Waals surface area contributed by atoms with Crippen LogP contribution in [0.15, 0.2) is 24.4 Å². The Balaban J connectivity index is 1.80. The number of thiazole rings is 1. The van der Waals surface area contributed by atoms with Gasteiger partial charge in [0.25, 0.3) is 0 Å². The molecule has 18 heavy (non-hydrogen) atoms. The zero-order chi connectivity index (χ0) is 12.5. The molecule has 0 spiro atoms. The molecule has 1 N–H and O–H groups in total. The number of hydrogen-bond donors (Lipinski definition) is 1. The molecule has 1 heterocycles. The highest BCUT2D eigenvalue weighted by molar-refractivity contribution is 7.15. The van der Waals surface area contributed by atoms with E-state index in [1.807, 2.05) is 18.3 Å². The lowest BCUT2D eigenvalue weighted by atomic mass is 10.2. The van der Waals surface area contributed by atoms with Gasteiger partial charge in [-0.15, -0.1) is 11.3 Å². The van der Waals surface area contributed by atoms with E-state index in [0.29, 0.717) is 16.1 Å². The molecule has 1 aliphatic carbocycles. The molecule has 1 aliphatic rings. The van der Waals surface area contributed by atoms with Crippen LogP contribution in [0.2, 0.25) is 10.0 Å². The first kappa shape index (κ1) is 12.4. The number of rotatable bonds is 4. The molecule has 1 fully saturated rings. The molecule has 2 nitrogen and oxygen atoms in total. The zero-order valence-electron chi connectivity index (χ0n) is 9.62. The van der Waals surface area contributed by atoms with E-state index in [9.17, 15) is 0 Å². The van der Waals surface area contributed by atoms with Crippen LogP contribution in [-0.4, -0.2) is 11.0 Å². The standard InChI is InChI=1S/C13H12Cl2N2S/c14-10-3-1-2-9(13(10)15)11-6-17-12(18-11)7-16-8-4-5-8/h1-3,6,8,16H,4-5,7H2. The smallest absolute Gasteiger partial charge is 0.107 e. The van der Waals surface area contributed by atoms with E-state index >= 15 is 0 Å². The van der Waals surface area contributed by atoms with E-state index in [-0.39, 0.29) is 0 Å². The molecule has 5 heteroatoms. The quantitative estimate of drug-likeness (QED) is 0.907. The van der Waals surface area contributed by atoms with Gasteiger partial charge in [0, 0.05) is 24.3 Å². The fourth-order valence-electron chi connectivity index (χ4n) is 1.73. The number of nitrogens with zero attached hydrogens (tertiary/aromatic N) is 1. The summed E-state index contributed by atoms with van der Waals surface area (Å²) in [5.74, 6) is 0. The Labute approximate surface area is 120 Å². The minimum Gasteiger partial charge on any atom is -0.308 e. The van der Waals surface area contributed by atoms with E-state index in [2.05, 4.69) is 10.3 Å². The average Bonchev–Trinajstić information content (AvgIpc) is 3.08. The maximum absolute atomic E-state index is 6.21. The van der Waals surface area contributed by atoms with Gasteiger partial charge in [-0.25, -0.2) is 4.98 Å². The van der Waals surface area contributed by atoms with Crippen LogP contribution in [0.3, 0.4) is 0 Å². The van der Waals surface area contributed by atoms with Crippen LogP contribution in [-0.2, 0) is 6.54 Å². The van der Waals surface area contributed by atoms with E-state index in [1.165, 1.54) is 12.8 Å². The van der Waals surface area contributed by atoms with Crippen LogP contribution in [0.5, 0.6) is 0 Å². The first-order chi connectivity index (χ1) is 8.74. The van der Waals surface area contributed by atoms with Crippen molar-refractivity contribution in [2.75, 3.05) is 0 Å². The van der Waals surface area contributed by atoms with Crippen molar-refractivity contribution in [3.63, 3.8) is 0 Å². The van der Waals surface area contributed by atoms with Gasteiger partial charge in [-0.1, -0.05) is 35.3 Å². The normalized spacial score (nSPS) is 15.0. The fourth-order valence-corrected chi connectivity index (χ4v) is 3.09. The lowest BCUT2D eigenvalue weighted by Gasteiger charge is -2.02. The van der Waals surface area contributed by atoms with Gasteiger partial charge in [0.1, 0.15) is 5.01 Å². The van der Waals surface area contributed by atoms with Gasteiger partial charge >= 0.3 is 0 Å². The van der Waals surface area contributed by atoms with Gasteiger partial charge in [0.05, 0.1) is 14.9 Å². The predicted octanol–water partition coefficient (Wildman–Crippen LogP) is 4.37. The van der Waals surface area contributed by atoms with Gasteiger partial charge in [-0.3, -0.25) is 0 Å². The summed E-state index contributed by atoms with van der Waals surface area (Å²) in [6.45, 7) is 0.841. The Hall–Kier alpha value is -0.610. The molecular weight excluding hydrogens is 287 g/mol. The second-order valence-corrected chi connectivity index (χ2v) is 6.28. The number of benzene rings is 1. The van der Waals surface area contributed by atoms with Gasteiger partial charge in [0.15, 0.2) is 0 Å². The minimum atomic E-state index is 0.584. The van der Waals surface area contributed by atoms with Crippen molar-refractivity contribution in [3.05, 3.63) is 39.4 Å². The molecule has 0 radical (unpaired) electrons. The molecule has 0 bridgehead atoms. The highest BCUT2D eigenvalue weighted by Gasteiger charge is 2.20. The summed E-state index contributed by atoms with van der Waals surface area (Å²) in [4.78, 5) is 5.48. The molecule has 0 amide bonds. The molecule has 0 aliphatic heterocycles. The highest BCUT2D eigenvalue weighted by Crippen LogP contribution is 2.36. The van der Waals surface area contributed by atoms with Crippen LogP contribution in [0.25, 0.3) is 10.4 Å². The van der Waals surface area contributed by atoms with Crippen LogP contribution in [0.1, 0.15) is 17.8 Å². The molecule has 3 rings (SSSR count). The summed E-state index contributed by atoms with van der Waals surface area (Å²) in [5, 5.41) is 5.73. The third-order valence-electron chi connectivity index (χ3n) is 2.89. The van der Waals surface area contributed by atoms with E-state index < -0.39 is 0 Å². The van der Waals surface area contributed by atoms with Crippen molar-refractivity contribution in [2.45, 2.75) is 25.4 Å². The largest absolute Gasteiger partial charge is 0.308 e. The second kappa shape index (κ2) is 5.17. The van der Waals surface area contributed by atoms with Crippen molar-refractivity contribution in [1.82, 2.24) is 10.3 Å². The molecule has 0 unspecified atom stereocenters. The van der Waals surface area contributed by atoms with Crippen molar-refractivity contribution < 1.29 is 0 Å². The first-order valence-electron chi connectivity index (χ1n) is 5.86. The SMILES string of the molecule is Clc1cccc(-c2cnc(CNC3CC3)s2)c1Cl. The third-order valence-corrected chi connectivity index (χ3v) is 4.74. The molecule has 0 atom stereocenters. The van der Waals surface area contributed by atoms with E-state index in [0.717, 1.165) is 22.0 Å². The van der Waals surface area contributed by atoms with Crippen molar-refractivity contribution in [1.29, 1.82) is 0 Å². The Morgan fingerprint density at radius 2 is 2.17 bits per heavy atom. The Kier molecular flexibility index (Phi) is 3.57. The number of aromatic nitrogens is 1. The van der Waals surface area contributed by atoms with Gasteiger partial charge in [-0.05, 0) is 18.9 Å². The molecule has 1 aromatic carbocycles. The van der Waals surface area contributed by atoms with Crippen LogP contribution < -0.4 is 5.32 Å². The maximum atomic E-state index is 6.21. The zero-order valence-corrected chi connectivity index (χ0v) is 11.9. The van der Waals surface area contributed by atoms with Crippen molar-refractivity contribution >= 4 is 34.5 Å². The number of hydrogen-bond acceptors (Lipinski definition) is 3. The summed E-state index contributed by atoms with van der Waals surface area (Å²) in [7, 11) is 0. The Morgan fingerprint density at radius 1 is 1.33 bits per heavy atom. The highest BCUT2D eigenvalue weighted by atomic mass is 35.5. The van der Waals surface area contributed by atoms with E-state index in [1.54, 1.807) is 17.4 Å². The molecule has 1 aromatic heterocycles. The molecule has 1 saturated carbocycles. The number of nitrogens with one attached hydrogen (secondary N) is 1. The van der Waals surface area contributed by atoms with Gasteiger partial charge in [0.2, 0.25) is 0 Å². The van der Waals surface area contributed by atoms with Crippen LogP contribution in [0.4, 0.5) is 0 Å². The summed E-state index contributed by atoms with van der Waals surface area (Å²) >= 11 is 13.9. The monoisotopic (exact) mass is 298 g/mol. The molecule has 2 aromatic rings. The lowest BCUT2D eigenvalue weighted by molar-refractivity contribution is 0.684. The Morgan fingerprint density at radius 3 is 2.94 bits per heavy atom. The minimum absolute atomic E-state index is 0.584. The van der Waals surface area contributed by atoms with E-state index in [4.69, 9.17) is 23.2 Å².